The minimum Gasteiger partial charge on any atom is -0.454 e. The van der Waals surface area contributed by atoms with E-state index in [9.17, 15) is 5.11 Å². The van der Waals surface area contributed by atoms with E-state index in [0.717, 1.165) is 24.8 Å². The van der Waals surface area contributed by atoms with Crippen molar-refractivity contribution < 1.29 is 14.6 Å². The molecule has 1 fully saturated rings. The normalized spacial score (nSPS) is 25.5. The predicted octanol–water partition coefficient (Wildman–Crippen LogP) is 2.85. The summed E-state index contributed by atoms with van der Waals surface area (Å²) in [7, 11) is 0. The zero-order valence-electron chi connectivity index (χ0n) is 11.4. The van der Waals surface area contributed by atoms with Crippen LogP contribution in [0.25, 0.3) is 0 Å². The quantitative estimate of drug-likeness (QED) is 0.842. The fraction of sp³-hybridized carbons (Fsp3) is 0.600. The molecule has 2 unspecified atom stereocenters. The van der Waals surface area contributed by atoms with Gasteiger partial charge in [0.25, 0.3) is 0 Å². The van der Waals surface area contributed by atoms with E-state index in [1.165, 1.54) is 12.8 Å². The second kappa shape index (κ2) is 6.20. The van der Waals surface area contributed by atoms with Crippen molar-refractivity contribution >= 4 is 11.6 Å². The van der Waals surface area contributed by atoms with E-state index >= 15 is 0 Å². The first-order valence-corrected chi connectivity index (χ1v) is 7.61. The molecule has 110 valence electrons. The van der Waals surface area contributed by atoms with Crippen LogP contribution in [0.2, 0.25) is 5.02 Å². The Morgan fingerprint density at radius 3 is 2.95 bits per heavy atom. The van der Waals surface area contributed by atoms with Crippen LogP contribution in [-0.2, 0) is 6.54 Å². The molecule has 1 aliphatic carbocycles. The number of halogens is 1. The van der Waals surface area contributed by atoms with Gasteiger partial charge in [0, 0.05) is 12.6 Å². The molecule has 1 aliphatic heterocycles. The topological polar surface area (TPSA) is 50.7 Å². The van der Waals surface area contributed by atoms with Gasteiger partial charge < -0.3 is 19.9 Å². The summed E-state index contributed by atoms with van der Waals surface area (Å²) in [6.45, 7) is 0.908. The number of rotatable bonds is 3. The van der Waals surface area contributed by atoms with Gasteiger partial charge in [0.05, 0.1) is 11.1 Å². The van der Waals surface area contributed by atoms with Crippen LogP contribution in [-0.4, -0.2) is 24.0 Å². The van der Waals surface area contributed by atoms with E-state index < -0.39 is 0 Å². The van der Waals surface area contributed by atoms with E-state index in [4.69, 9.17) is 21.1 Å². The van der Waals surface area contributed by atoms with Crippen molar-refractivity contribution in [3.63, 3.8) is 0 Å². The molecule has 2 atom stereocenters. The standard InChI is InChI=1S/C15H20ClNO3/c16-11-6-10(7-14-15(11)20-9-19-14)8-17-12-4-2-1-3-5-13(12)18/h6-7,12-13,17-18H,1-5,8-9H2. The van der Waals surface area contributed by atoms with Gasteiger partial charge in [-0.15, -0.1) is 0 Å². The lowest BCUT2D eigenvalue weighted by atomic mass is 10.1. The number of nitrogens with one attached hydrogen (secondary N) is 1. The minimum absolute atomic E-state index is 0.168. The molecule has 0 bridgehead atoms. The molecular weight excluding hydrogens is 278 g/mol. The third-order valence-corrected chi connectivity index (χ3v) is 4.32. The maximum atomic E-state index is 10.1. The number of ether oxygens (including phenoxy) is 2. The highest BCUT2D eigenvalue weighted by atomic mass is 35.5. The molecule has 2 N–H and O–H groups in total. The molecular formula is C15H20ClNO3. The first-order chi connectivity index (χ1) is 9.74. The molecule has 0 saturated heterocycles. The van der Waals surface area contributed by atoms with Crippen molar-refractivity contribution in [2.24, 2.45) is 0 Å². The average Bonchev–Trinajstić information content (AvgIpc) is 2.81. The molecule has 1 aromatic carbocycles. The molecule has 1 saturated carbocycles. The minimum atomic E-state index is -0.248. The van der Waals surface area contributed by atoms with Gasteiger partial charge in [-0.3, -0.25) is 0 Å². The summed E-state index contributed by atoms with van der Waals surface area (Å²) in [5.41, 5.74) is 1.05. The average molecular weight is 298 g/mol. The Morgan fingerprint density at radius 1 is 1.20 bits per heavy atom. The van der Waals surface area contributed by atoms with Crippen molar-refractivity contribution in [3.05, 3.63) is 22.7 Å². The molecule has 3 rings (SSSR count). The van der Waals surface area contributed by atoms with E-state index in [2.05, 4.69) is 5.32 Å². The van der Waals surface area contributed by atoms with Gasteiger partial charge >= 0.3 is 0 Å². The fourth-order valence-corrected chi connectivity index (χ4v) is 3.19. The highest BCUT2D eigenvalue weighted by Crippen LogP contribution is 2.39. The molecule has 0 amide bonds. The third kappa shape index (κ3) is 3.03. The van der Waals surface area contributed by atoms with E-state index in [1.807, 2.05) is 12.1 Å². The number of aliphatic hydroxyl groups is 1. The highest BCUT2D eigenvalue weighted by Gasteiger charge is 2.22. The summed E-state index contributed by atoms with van der Waals surface area (Å²) < 4.78 is 10.7. The second-order valence-corrected chi connectivity index (χ2v) is 5.91. The summed E-state index contributed by atoms with van der Waals surface area (Å²) >= 11 is 6.17. The smallest absolute Gasteiger partial charge is 0.231 e. The molecule has 0 radical (unpaired) electrons. The summed E-state index contributed by atoms with van der Waals surface area (Å²) in [5.74, 6) is 1.33. The van der Waals surface area contributed by atoms with Crippen molar-refractivity contribution in [2.75, 3.05) is 6.79 Å². The van der Waals surface area contributed by atoms with Crippen molar-refractivity contribution in [3.8, 4) is 11.5 Å². The van der Waals surface area contributed by atoms with Crippen LogP contribution in [0, 0.1) is 0 Å². The van der Waals surface area contributed by atoms with Crippen molar-refractivity contribution in [1.29, 1.82) is 0 Å². The Hall–Kier alpha value is -0.970. The Kier molecular flexibility index (Phi) is 4.34. The van der Waals surface area contributed by atoms with Crippen LogP contribution in [0.3, 0.4) is 0 Å². The summed E-state index contributed by atoms with van der Waals surface area (Å²) in [5, 5.41) is 14.1. The number of hydrogen-bond acceptors (Lipinski definition) is 4. The fourth-order valence-electron chi connectivity index (χ4n) is 2.90. The number of fused-ring (bicyclic) bond motifs is 1. The maximum absolute atomic E-state index is 10.1. The lowest BCUT2D eigenvalue weighted by Crippen LogP contribution is -2.38. The van der Waals surface area contributed by atoms with Gasteiger partial charge in [0.15, 0.2) is 11.5 Å². The number of aliphatic hydroxyl groups excluding tert-OH is 1. The SMILES string of the molecule is OC1CCCCCC1NCc1cc(Cl)c2c(c1)OCO2. The molecule has 2 aliphatic rings. The lowest BCUT2D eigenvalue weighted by molar-refractivity contribution is 0.119. The van der Waals surface area contributed by atoms with Crippen molar-refractivity contribution in [2.45, 2.75) is 50.8 Å². The molecule has 0 aromatic heterocycles. The van der Waals surface area contributed by atoms with Crippen LogP contribution in [0.5, 0.6) is 11.5 Å². The van der Waals surface area contributed by atoms with Gasteiger partial charge in [0.2, 0.25) is 6.79 Å². The Bertz CT molecular complexity index is 480. The Morgan fingerprint density at radius 2 is 2.05 bits per heavy atom. The largest absolute Gasteiger partial charge is 0.454 e. The predicted molar refractivity (Wildman–Crippen MR) is 77.3 cm³/mol. The maximum Gasteiger partial charge on any atom is 0.231 e. The summed E-state index contributed by atoms with van der Waals surface area (Å²) in [6.07, 6.45) is 5.18. The number of benzene rings is 1. The third-order valence-electron chi connectivity index (χ3n) is 4.03. The first kappa shape index (κ1) is 14.0. The number of hydrogen-bond donors (Lipinski definition) is 2. The molecule has 0 spiro atoms. The molecule has 4 nitrogen and oxygen atoms in total. The van der Waals surface area contributed by atoms with Gasteiger partial charge in [0.1, 0.15) is 0 Å². The Balaban J connectivity index is 1.64. The van der Waals surface area contributed by atoms with E-state index in [1.54, 1.807) is 0 Å². The van der Waals surface area contributed by atoms with E-state index in [-0.39, 0.29) is 18.9 Å². The van der Waals surface area contributed by atoms with Gasteiger partial charge in [-0.05, 0) is 30.5 Å². The molecule has 1 heterocycles. The van der Waals surface area contributed by atoms with Gasteiger partial charge in [-0.1, -0.05) is 30.9 Å². The first-order valence-electron chi connectivity index (χ1n) is 7.23. The molecule has 20 heavy (non-hydrogen) atoms. The van der Waals surface area contributed by atoms with Gasteiger partial charge in [-0.2, -0.15) is 0 Å². The van der Waals surface area contributed by atoms with Crippen LogP contribution in [0.1, 0.15) is 37.7 Å². The van der Waals surface area contributed by atoms with Crippen LogP contribution >= 0.6 is 11.6 Å². The summed E-state index contributed by atoms with van der Waals surface area (Å²) in [4.78, 5) is 0. The van der Waals surface area contributed by atoms with Gasteiger partial charge in [-0.25, -0.2) is 0 Å². The second-order valence-electron chi connectivity index (χ2n) is 5.50. The van der Waals surface area contributed by atoms with Crippen molar-refractivity contribution in [1.82, 2.24) is 5.32 Å². The van der Waals surface area contributed by atoms with Crippen LogP contribution in [0.15, 0.2) is 12.1 Å². The molecule has 1 aromatic rings. The zero-order valence-corrected chi connectivity index (χ0v) is 12.2. The zero-order chi connectivity index (χ0) is 13.9. The monoisotopic (exact) mass is 297 g/mol. The lowest BCUT2D eigenvalue weighted by Gasteiger charge is -2.22. The van der Waals surface area contributed by atoms with Crippen LogP contribution < -0.4 is 14.8 Å². The van der Waals surface area contributed by atoms with E-state index in [0.29, 0.717) is 23.1 Å². The highest BCUT2D eigenvalue weighted by molar-refractivity contribution is 6.32. The molecule has 5 heteroatoms. The van der Waals surface area contributed by atoms with Crippen LogP contribution in [0.4, 0.5) is 0 Å². The summed E-state index contributed by atoms with van der Waals surface area (Å²) in [6, 6.07) is 4.01. The Labute approximate surface area is 124 Å².